The first kappa shape index (κ1) is 17.1. The number of amides is 1. The Balaban J connectivity index is 0.00000256. The molecule has 1 aliphatic rings. The molecule has 1 saturated carbocycles. The molecular weight excluding hydrogens is 256 g/mol. The minimum absolute atomic E-state index is 0. The standard InChI is InChI=1S/C12H24N2OS.ClH/c1-11(2,3)16-8-10(15)14-12(9-13)6-4-5-7-12;/h4-9,13H2,1-3H3,(H,14,15);1H. The molecule has 3 N–H and O–H groups in total. The maximum absolute atomic E-state index is 11.8. The molecule has 3 nitrogen and oxygen atoms in total. The van der Waals surface area contributed by atoms with Crippen molar-refractivity contribution in [1.29, 1.82) is 0 Å². The fourth-order valence-electron chi connectivity index (χ4n) is 2.05. The predicted molar refractivity (Wildman–Crippen MR) is 77.9 cm³/mol. The van der Waals surface area contributed by atoms with E-state index in [1.54, 1.807) is 11.8 Å². The molecule has 1 fully saturated rings. The van der Waals surface area contributed by atoms with Gasteiger partial charge >= 0.3 is 0 Å². The van der Waals surface area contributed by atoms with Gasteiger partial charge in [0.15, 0.2) is 0 Å². The van der Waals surface area contributed by atoms with Gasteiger partial charge in [-0.2, -0.15) is 0 Å². The van der Waals surface area contributed by atoms with Gasteiger partial charge in [0.05, 0.1) is 11.3 Å². The van der Waals surface area contributed by atoms with E-state index in [0.29, 0.717) is 12.3 Å². The predicted octanol–water partition coefficient (Wildman–Crippen LogP) is 2.33. The van der Waals surface area contributed by atoms with Crippen LogP contribution in [-0.2, 0) is 4.79 Å². The van der Waals surface area contributed by atoms with Crippen LogP contribution in [0.3, 0.4) is 0 Å². The second-order valence-electron chi connectivity index (χ2n) is 5.64. The van der Waals surface area contributed by atoms with Gasteiger partial charge in [-0.25, -0.2) is 0 Å². The van der Waals surface area contributed by atoms with Crippen LogP contribution in [0.4, 0.5) is 0 Å². The highest BCUT2D eigenvalue weighted by Gasteiger charge is 2.33. The number of carbonyl (C=O) groups excluding carboxylic acids is 1. The summed E-state index contributed by atoms with van der Waals surface area (Å²) in [5.41, 5.74) is 5.68. The molecule has 1 aliphatic carbocycles. The normalized spacial score (nSPS) is 18.6. The van der Waals surface area contributed by atoms with Gasteiger partial charge in [-0.3, -0.25) is 4.79 Å². The third kappa shape index (κ3) is 5.98. The van der Waals surface area contributed by atoms with Gasteiger partial charge in [0.25, 0.3) is 0 Å². The first-order valence-electron chi connectivity index (χ1n) is 6.02. The quantitative estimate of drug-likeness (QED) is 0.831. The van der Waals surface area contributed by atoms with Crippen LogP contribution in [0.1, 0.15) is 46.5 Å². The average molecular weight is 281 g/mol. The van der Waals surface area contributed by atoms with Crippen LogP contribution in [0.2, 0.25) is 0 Å². The lowest BCUT2D eigenvalue weighted by atomic mass is 9.98. The van der Waals surface area contributed by atoms with E-state index in [4.69, 9.17) is 5.73 Å². The molecule has 1 amide bonds. The Hall–Kier alpha value is 0.0700. The fourth-order valence-corrected chi connectivity index (χ4v) is 2.68. The van der Waals surface area contributed by atoms with Gasteiger partial charge in [0.1, 0.15) is 0 Å². The molecule has 102 valence electrons. The van der Waals surface area contributed by atoms with E-state index in [2.05, 4.69) is 26.1 Å². The minimum Gasteiger partial charge on any atom is -0.349 e. The zero-order valence-corrected chi connectivity index (χ0v) is 12.7. The highest BCUT2D eigenvalue weighted by molar-refractivity contribution is 8.01. The number of thioether (sulfide) groups is 1. The van der Waals surface area contributed by atoms with Crippen molar-refractivity contribution in [3.63, 3.8) is 0 Å². The molecule has 0 saturated heterocycles. The summed E-state index contributed by atoms with van der Waals surface area (Å²) >= 11 is 1.68. The molecule has 17 heavy (non-hydrogen) atoms. The van der Waals surface area contributed by atoms with Crippen LogP contribution >= 0.6 is 24.2 Å². The van der Waals surface area contributed by atoms with Gasteiger partial charge in [-0.15, -0.1) is 24.2 Å². The molecule has 0 heterocycles. The molecule has 0 aromatic heterocycles. The third-order valence-corrected chi connectivity index (χ3v) is 4.26. The van der Waals surface area contributed by atoms with E-state index < -0.39 is 0 Å². The molecule has 0 spiro atoms. The summed E-state index contributed by atoms with van der Waals surface area (Å²) in [7, 11) is 0. The van der Waals surface area contributed by atoms with Crippen molar-refractivity contribution >= 4 is 30.1 Å². The first-order valence-corrected chi connectivity index (χ1v) is 7.00. The number of carbonyl (C=O) groups is 1. The molecule has 0 atom stereocenters. The summed E-state index contributed by atoms with van der Waals surface area (Å²) in [6.07, 6.45) is 4.44. The lowest BCUT2D eigenvalue weighted by Gasteiger charge is -2.29. The second kappa shape index (κ2) is 6.86. The number of halogens is 1. The van der Waals surface area contributed by atoms with E-state index in [9.17, 15) is 4.79 Å². The minimum atomic E-state index is -0.102. The average Bonchev–Trinajstić information content (AvgIpc) is 2.63. The van der Waals surface area contributed by atoms with E-state index in [-0.39, 0.29) is 28.6 Å². The van der Waals surface area contributed by atoms with Gasteiger partial charge in [-0.1, -0.05) is 33.6 Å². The van der Waals surface area contributed by atoms with Crippen molar-refractivity contribution < 1.29 is 4.79 Å². The van der Waals surface area contributed by atoms with Crippen LogP contribution in [0, 0.1) is 0 Å². The van der Waals surface area contributed by atoms with E-state index in [0.717, 1.165) is 12.8 Å². The number of rotatable bonds is 4. The van der Waals surface area contributed by atoms with Gasteiger partial charge < -0.3 is 11.1 Å². The summed E-state index contributed by atoms with van der Waals surface area (Å²) in [6.45, 7) is 6.94. The van der Waals surface area contributed by atoms with Gasteiger partial charge in [-0.05, 0) is 12.8 Å². The Bertz CT molecular complexity index is 247. The van der Waals surface area contributed by atoms with Gasteiger partial charge in [0.2, 0.25) is 5.91 Å². The first-order chi connectivity index (χ1) is 7.37. The number of nitrogens with one attached hydrogen (secondary N) is 1. The maximum atomic E-state index is 11.8. The van der Waals surface area contributed by atoms with E-state index in [1.165, 1.54) is 12.8 Å². The summed E-state index contributed by atoms with van der Waals surface area (Å²) in [4.78, 5) is 11.8. The molecule has 5 heteroatoms. The third-order valence-electron chi connectivity index (χ3n) is 2.99. The summed E-state index contributed by atoms with van der Waals surface area (Å²) in [6, 6.07) is 0. The molecule has 0 radical (unpaired) electrons. The zero-order chi connectivity index (χ0) is 12.2. The van der Waals surface area contributed by atoms with E-state index in [1.807, 2.05) is 0 Å². The summed E-state index contributed by atoms with van der Waals surface area (Å²) in [5.74, 6) is 0.665. The number of hydrogen-bond acceptors (Lipinski definition) is 3. The van der Waals surface area contributed by atoms with Crippen molar-refractivity contribution in [2.24, 2.45) is 5.73 Å². The largest absolute Gasteiger partial charge is 0.349 e. The molecular formula is C12H25ClN2OS. The summed E-state index contributed by atoms with van der Waals surface area (Å²) in [5, 5.41) is 3.13. The van der Waals surface area contributed by atoms with Crippen LogP contribution in [0.15, 0.2) is 0 Å². The lowest BCUT2D eigenvalue weighted by molar-refractivity contribution is -0.120. The summed E-state index contributed by atoms with van der Waals surface area (Å²) < 4.78 is 0.142. The van der Waals surface area contributed by atoms with Crippen LogP contribution in [0.25, 0.3) is 0 Å². The van der Waals surface area contributed by atoms with Crippen molar-refractivity contribution in [1.82, 2.24) is 5.32 Å². The second-order valence-corrected chi connectivity index (χ2v) is 7.44. The maximum Gasteiger partial charge on any atom is 0.230 e. The van der Waals surface area contributed by atoms with Crippen molar-refractivity contribution in [2.75, 3.05) is 12.3 Å². The molecule has 0 bridgehead atoms. The Kier molecular flexibility index (Phi) is 6.89. The Morgan fingerprint density at radius 1 is 1.35 bits per heavy atom. The molecule has 0 unspecified atom stereocenters. The van der Waals surface area contributed by atoms with Crippen LogP contribution in [0.5, 0.6) is 0 Å². The SMILES string of the molecule is CC(C)(C)SCC(=O)NC1(CN)CCCC1.Cl. The fraction of sp³-hybridized carbons (Fsp3) is 0.917. The highest BCUT2D eigenvalue weighted by atomic mass is 35.5. The molecule has 0 aromatic rings. The highest BCUT2D eigenvalue weighted by Crippen LogP contribution is 2.29. The van der Waals surface area contributed by atoms with E-state index >= 15 is 0 Å². The molecule has 1 rings (SSSR count). The van der Waals surface area contributed by atoms with Crippen molar-refractivity contribution in [3.8, 4) is 0 Å². The topological polar surface area (TPSA) is 55.1 Å². The Morgan fingerprint density at radius 3 is 2.29 bits per heavy atom. The Morgan fingerprint density at radius 2 is 1.88 bits per heavy atom. The number of nitrogens with two attached hydrogens (primary N) is 1. The zero-order valence-electron chi connectivity index (χ0n) is 11.0. The molecule has 0 aliphatic heterocycles. The van der Waals surface area contributed by atoms with Crippen molar-refractivity contribution in [2.45, 2.75) is 56.7 Å². The Labute approximate surface area is 115 Å². The molecule has 0 aromatic carbocycles. The lowest BCUT2D eigenvalue weighted by Crippen LogP contribution is -2.52. The monoisotopic (exact) mass is 280 g/mol. The smallest absolute Gasteiger partial charge is 0.230 e. The van der Waals surface area contributed by atoms with Crippen LogP contribution < -0.4 is 11.1 Å². The van der Waals surface area contributed by atoms with Gasteiger partial charge in [0, 0.05) is 11.3 Å². The number of hydrogen-bond donors (Lipinski definition) is 2. The van der Waals surface area contributed by atoms with Crippen molar-refractivity contribution in [3.05, 3.63) is 0 Å². The van der Waals surface area contributed by atoms with Crippen LogP contribution in [-0.4, -0.2) is 28.5 Å².